The molecule has 2 heterocycles. The molecule has 3 aromatic rings. The van der Waals surface area contributed by atoms with Crippen molar-refractivity contribution in [1.82, 2.24) is 5.32 Å². The highest BCUT2D eigenvalue weighted by atomic mass is 19.1. The van der Waals surface area contributed by atoms with Crippen molar-refractivity contribution < 1.29 is 18.3 Å². The van der Waals surface area contributed by atoms with Gasteiger partial charge in [0.05, 0.1) is 18.2 Å². The van der Waals surface area contributed by atoms with Crippen molar-refractivity contribution in [2.75, 3.05) is 6.61 Å². The molecule has 25 heavy (non-hydrogen) atoms. The van der Waals surface area contributed by atoms with Crippen molar-refractivity contribution in [3.8, 4) is 17.1 Å². The zero-order valence-corrected chi connectivity index (χ0v) is 13.4. The summed E-state index contributed by atoms with van der Waals surface area (Å²) in [6, 6.07) is 17.0. The SMILES string of the molecule is O=C(N[C@H]1CCOc2ccccc21)c1ccc(-c2ccccc2F)o1. The van der Waals surface area contributed by atoms with Gasteiger partial charge in [-0.25, -0.2) is 4.39 Å². The summed E-state index contributed by atoms with van der Waals surface area (Å²) in [6.45, 7) is 0.542. The smallest absolute Gasteiger partial charge is 0.287 e. The first-order chi connectivity index (χ1) is 12.2. The Bertz CT molecular complexity index is 919. The van der Waals surface area contributed by atoms with Gasteiger partial charge in [0.15, 0.2) is 5.76 Å². The molecule has 1 aliphatic heterocycles. The summed E-state index contributed by atoms with van der Waals surface area (Å²) in [5, 5.41) is 2.96. The van der Waals surface area contributed by atoms with Crippen molar-refractivity contribution in [3.63, 3.8) is 0 Å². The van der Waals surface area contributed by atoms with E-state index in [-0.39, 0.29) is 23.5 Å². The number of hydrogen-bond donors (Lipinski definition) is 1. The number of amides is 1. The van der Waals surface area contributed by atoms with Crippen LogP contribution >= 0.6 is 0 Å². The predicted octanol–water partition coefficient (Wildman–Crippen LogP) is 4.34. The molecule has 126 valence electrons. The number of carbonyl (C=O) groups is 1. The Hall–Kier alpha value is -3.08. The molecule has 1 atom stereocenters. The maximum absolute atomic E-state index is 13.8. The van der Waals surface area contributed by atoms with Crippen molar-refractivity contribution in [1.29, 1.82) is 0 Å². The number of carbonyl (C=O) groups excluding carboxylic acids is 1. The average Bonchev–Trinajstić information content (AvgIpc) is 3.12. The van der Waals surface area contributed by atoms with E-state index in [1.165, 1.54) is 6.07 Å². The molecule has 0 aliphatic carbocycles. The first-order valence-electron chi connectivity index (χ1n) is 8.10. The molecule has 0 fully saturated rings. The van der Waals surface area contributed by atoms with E-state index in [0.29, 0.717) is 24.4 Å². The van der Waals surface area contributed by atoms with E-state index in [2.05, 4.69) is 5.32 Å². The van der Waals surface area contributed by atoms with Gasteiger partial charge < -0.3 is 14.5 Å². The average molecular weight is 337 g/mol. The number of halogens is 1. The molecule has 1 amide bonds. The fraction of sp³-hybridized carbons (Fsp3) is 0.150. The minimum Gasteiger partial charge on any atom is -0.493 e. The van der Waals surface area contributed by atoms with Crippen LogP contribution in [-0.4, -0.2) is 12.5 Å². The highest BCUT2D eigenvalue weighted by molar-refractivity contribution is 5.92. The molecule has 0 unspecified atom stereocenters. The van der Waals surface area contributed by atoms with Crippen LogP contribution in [0.2, 0.25) is 0 Å². The Morgan fingerprint density at radius 2 is 1.84 bits per heavy atom. The van der Waals surface area contributed by atoms with Gasteiger partial charge in [0, 0.05) is 12.0 Å². The van der Waals surface area contributed by atoms with Crippen LogP contribution in [0, 0.1) is 5.82 Å². The van der Waals surface area contributed by atoms with Crippen LogP contribution in [-0.2, 0) is 0 Å². The maximum Gasteiger partial charge on any atom is 0.287 e. The molecule has 1 N–H and O–H groups in total. The number of furan rings is 1. The van der Waals surface area contributed by atoms with Crippen molar-refractivity contribution >= 4 is 5.91 Å². The Morgan fingerprint density at radius 3 is 2.72 bits per heavy atom. The van der Waals surface area contributed by atoms with Crippen LogP contribution in [0.25, 0.3) is 11.3 Å². The monoisotopic (exact) mass is 337 g/mol. The molecule has 4 rings (SSSR count). The lowest BCUT2D eigenvalue weighted by atomic mass is 10.0. The molecule has 0 saturated heterocycles. The number of para-hydroxylation sites is 1. The van der Waals surface area contributed by atoms with Crippen molar-refractivity contribution in [3.05, 3.63) is 77.8 Å². The van der Waals surface area contributed by atoms with Crippen LogP contribution in [0.15, 0.2) is 65.1 Å². The highest BCUT2D eigenvalue weighted by Crippen LogP contribution is 2.32. The Labute approximate surface area is 144 Å². The van der Waals surface area contributed by atoms with Gasteiger partial charge >= 0.3 is 0 Å². The number of benzene rings is 2. The molecule has 2 aromatic carbocycles. The number of rotatable bonds is 3. The standard InChI is InChI=1S/C20H16FNO3/c21-15-7-3-1-5-13(15)18-9-10-19(25-18)20(23)22-16-11-12-24-17-8-4-2-6-14(16)17/h1-10,16H,11-12H2,(H,22,23)/t16-/m0/s1. The lowest BCUT2D eigenvalue weighted by Gasteiger charge is -2.26. The van der Waals surface area contributed by atoms with Crippen molar-refractivity contribution in [2.45, 2.75) is 12.5 Å². The highest BCUT2D eigenvalue weighted by Gasteiger charge is 2.24. The minimum absolute atomic E-state index is 0.139. The number of ether oxygens (including phenoxy) is 1. The zero-order chi connectivity index (χ0) is 17.2. The van der Waals surface area contributed by atoms with Crippen LogP contribution in [0.5, 0.6) is 5.75 Å². The topological polar surface area (TPSA) is 51.5 Å². The number of fused-ring (bicyclic) bond motifs is 1. The molecule has 0 spiro atoms. The normalized spacial score (nSPS) is 16.0. The summed E-state index contributed by atoms with van der Waals surface area (Å²) >= 11 is 0. The van der Waals surface area contributed by atoms with E-state index >= 15 is 0 Å². The summed E-state index contributed by atoms with van der Waals surface area (Å²) in [7, 11) is 0. The first kappa shape index (κ1) is 15.4. The summed E-state index contributed by atoms with van der Waals surface area (Å²) in [6.07, 6.45) is 0.684. The molecule has 5 heteroatoms. The van der Waals surface area contributed by atoms with E-state index in [9.17, 15) is 9.18 Å². The fourth-order valence-electron chi connectivity index (χ4n) is 2.99. The van der Waals surface area contributed by atoms with E-state index in [4.69, 9.17) is 9.15 Å². The molecule has 1 aromatic heterocycles. The summed E-state index contributed by atoms with van der Waals surface area (Å²) in [5.41, 5.74) is 1.28. The first-order valence-corrected chi connectivity index (χ1v) is 8.10. The van der Waals surface area contributed by atoms with Gasteiger partial charge in [-0.05, 0) is 30.3 Å². The van der Waals surface area contributed by atoms with Gasteiger partial charge in [0.2, 0.25) is 0 Å². The molecular formula is C20H16FNO3. The molecule has 4 nitrogen and oxygen atoms in total. The summed E-state index contributed by atoms with van der Waals surface area (Å²) in [4.78, 5) is 12.5. The molecule has 1 aliphatic rings. The Balaban J connectivity index is 1.54. The van der Waals surface area contributed by atoms with Gasteiger partial charge in [0.1, 0.15) is 17.3 Å². The molecular weight excluding hydrogens is 321 g/mol. The van der Waals surface area contributed by atoms with Crippen molar-refractivity contribution in [2.24, 2.45) is 0 Å². The van der Waals surface area contributed by atoms with Gasteiger partial charge in [0.25, 0.3) is 5.91 Å². The third kappa shape index (κ3) is 3.01. The summed E-state index contributed by atoms with van der Waals surface area (Å²) < 4.78 is 25.0. The number of nitrogens with one attached hydrogen (secondary N) is 1. The van der Waals surface area contributed by atoms with Crippen LogP contribution in [0.4, 0.5) is 4.39 Å². The van der Waals surface area contributed by atoms with Gasteiger partial charge in [-0.1, -0.05) is 30.3 Å². The zero-order valence-electron chi connectivity index (χ0n) is 13.4. The van der Waals surface area contributed by atoms with Gasteiger partial charge in [-0.2, -0.15) is 0 Å². The lowest BCUT2D eigenvalue weighted by molar-refractivity contribution is 0.0897. The van der Waals surface area contributed by atoms with E-state index < -0.39 is 0 Å². The second kappa shape index (κ2) is 6.43. The lowest BCUT2D eigenvalue weighted by Crippen LogP contribution is -2.31. The Morgan fingerprint density at radius 1 is 1.04 bits per heavy atom. The molecule has 0 saturated carbocycles. The third-order valence-electron chi connectivity index (χ3n) is 4.23. The largest absolute Gasteiger partial charge is 0.493 e. The van der Waals surface area contributed by atoms with Crippen LogP contribution in [0.1, 0.15) is 28.6 Å². The number of hydrogen-bond acceptors (Lipinski definition) is 3. The van der Waals surface area contributed by atoms with Gasteiger partial charge in [-0.15, -0.1) is 0 Å². The predicted molar refractivity (Wildman–Crippen MR) is 90.9 cm³/mol. The fourth-order valence-corrected chi connectivity index (χ4v) is 2.99. The summed E-state index contributed by atoms with van der Waals surface area (Å²) in [5.74, 6) is 0.551. The molecule has 0 radical (unpaired) electrons. The van der Waals surface area contributed by atoms with Crippen LogP contribution in [0.3, 0.4) is 0 Å². The molecule has 0 bridgehead atoms. The van der Waals surface area contributed by atoms with Gasteiger partial charge in [-0.3, -0.25) is 4.79 Å². The maximum atomic E-state index is 13.8. The quantitative estimate of drug-likeness (QED) is 0.773. The van der Waals surface area contributed by atoms with E-state index in [1.54, 1.807) is 30.3 Å². The Kier molecular flexibility index (Phi) is 3.98. The second-order valence-corrected chi connectivity index (χ2v) is 5.84. The second-order valence-electron chi connectivity index (χ2n) is 5.84. The minimum atomic E-state index is -0.387. The van der Waals surface area contributed by atoms with Crippen LogP contribution < -0.4 is 10.1 Å². The third-order valence-corrected chi connectivity index (χ3v) is 4.23. The van der Waals surface area contributed by atoms with E-state index in [0.717, 1.165) is 11.3 Å². The van der Waals surface area contributed by atoms with E-state index in [1.807, 2.05) is 24.3 Å².